The van der Waals surface area contributed by atoms with Crippen molar-refractivity contribution in [3.63, 3.8) is 0 Å². The van der Waals surface area contributed by atoms with Crippen LogP contribution in [0.25, 0.3) is 0 Å². The Hall–Kier alpha value is -6.63. The maximum Gasteiger partial charge on any atom is 0.407 e. The first kappa shape index (κ1) is 70.1. The third-order valence-corrected chi connectivity index (χ3v) is 13.3. The number of hydrogen-bond acceptors (Lipinski definition) is 18. The van der Waals surface area contributed by atoms with Crippen LogP contribution in [0.2, 0.25) is 0 Å². The molecule has 2 aromatic rings. The monoisotopic (exact) mass is 1200 g/mol. The zero-order valence-electron chi connectivity index (χ0n) is 49.7. The lowest BCUT2D eigenvalue weighted by Crippen LogP contribution is -2.37. The van der Waals surface area contributed by atoms with E-state index in [2.05, 4.69) is 39.9 Å². The molecule has 0 bridgehead atoms. The van der Waals surface area contributed by atoms with Gasteiger partial charge in [-0.3, -0.25) is 33.7 Å². The molecule has 0 aromatic heterocycles. The number of ether oxygens (including phenoxy) is 11. The lowest BCUT2D eigenvalue weighted by atomic mass is 10.0. The molecule has 1 aliphatic carbocycles. The number of carbonyl (C=O) groups excluding carboxylic acids is 7. The van der Waals surface area contributed by atoms with Crippen LogP contribution < -0.4 is 20.9 Å². The molecule has 24 heteroatoms. The summed E-state index contributed by atoms with van der Waals surface area (Å²) < 4.78 is 61.8. The van der Waals surface area contributed by atoms with Gasteiger partial charge in [0.1, 0.15) is 6.10 Å². The van der Waals surface area contributed by atoms with Gasteiger partial charge in [0, 0.05) is 81.8 Å². The van der Waals surface area contributed by atoms with Crippen LogP contribution in [0.4, 0.5) is 10.5 Å². The maximum absolute atomic E-state index is 13.5. The minimum absolute atomic E-state index is 0.0158. The summed E-state index contributed by atoms with van der Waals surface area (Å²) in [4.78, 5) is 91.1. The Labute approximate surface area is 505 Å². The number of nitrogens with zero attached hydrogens (tertiary/aromatic N) is 3. The lowest BCUT2D eigenvalue weighted by molar-refractivity contribution is -0.137. The van der Waals surface area contributed by atoms with E-state index in [1.54, 1.807) is 9.80 Å². The molecular formula is C62H88N6O18. The van der Waals surface area contributed by atoms with Gasteiger partial charge in [-0.2, -0.15) is 0 Å². The van der Waals surface area contributed by atoms with Gasteiger partial charge in [-0.15, -0.1) is 0 Å². The second-order valence-corrected chi connectivity index (χ2v) is 19.7. The molecule has 0 fully saturated rings. The number of anilines is 1. The molecule has 7 amide bonds. The number of rotatable bonds is 46. The van der Waals surface area contributed by atoms with Gasteiger partial charge in [-0.05, 0) is 55.9 Å². The molecule has 3 N–H and O–H groups in total. The van der Waals surface area contributed by atoms with Gasteiger partial charge in [0.25, 0.3) is 11.8 Å². The predicted molar refractivity (Wildman–Crippen MR) is 316 cm³/mol. The average Bonchev–Trinajstić information content (AvgIpc) is 1.78. The predicted octanol–water partition coefficient (Wildman–Crippen LogP) is 3.26. The van der Waals surface area contributed by atoms with E-state index in [1.165, 1.54) is 12.2 Å². The van der Waals surface area contributed by atoms with Crippen LogP contribution in [-0.4, -0.2) is 229 Å². The quantitative estimate of drug-likeness (QED) is 0.0372. The first-order chi connectivity index (χ1) is 42.2. The highest BCUT2D eigenvalue weighted by atomic mass is 16.6. The summed E-state index contributed by atoms with van der Waals surface area (Å²) in [5.41, 5.74) is 3.30. The van der Waals surface area contributed by atoms with Crippen LogP contribution in [0.1, 0.15) is 74.5 Å². The van der Waals surface area contributed by atoms with Gasteiger partial charge in [0.15, 0.2) is 0 Å². The number of amides is 7. The maximum atomic E-state index is 13.5. The van der Waals surface area contributed by atoms with Crippen molar-refractivity contribution in [1.82, 2.24) is 25.8 Å². The van der Waals surface area contributed by atoms with Crippen LogP contribution in [0, 0.1) is 11.8 Å². The van der Waals surface area contributed by atoms with Crippen molar-refractivity contribution in [3.05, 3.63) is 89.5 Å². The largest absolute Gasteiger partial charge is 0.446 e. The fourth-order valence-electron chi connectivity index (χ4n) is 8.67. The molecule has 0 radical (unpaired) electrons. The van der Waals surface area contributed by atoms with E-state index in [1.807, 2.05) is 48.5 Å². The molecule has 0 saturated carbocycles. The highest BCUT2D eigenvalue weighted by Crippen LogP contribution is 2.26. The Bertz CT molecular complexity index is 2450. The normalized spacial score (nSPS) is 14.5. The summed E-state index contributed by atoms with van der Waals surface area (Å²) in [6.45, 7) is 8.20. The number of para-hydroxylation sites is 1. The Morgan fingerprint density at radius 3 is 1.57 bits per heavy atom. The van der Waals surface area contributed by atoms with Gasteiger partial charge in [0.2, 0.25) is 23.6 Å². The van der Waals surface area contributed by atoms with E-state index in [-0.39, 0.29) is 108 Å². The van der Waals surface area contributed by atoms with E-state index >= 15 is 0 Å². The first-order valence-electron chi connectivity index (χ1n) is 29.9. The molecule has 24 nitrogen and oxygen atoms in total. The number of allylic oxidation sites excluding steroid dienone is 2. The molecule has 474 valence electrons. The molecule has 0 saturated heterocycles. The fraction of sp³-hybridized carbons (Fsp3) is 0.597. The molecule has 86 heavy (non-hydrogen) atoms. The number of imide groups is 1. The Kier molecular flexibility index (Phi) is 36.5. The standard InChI is InChI=1S/C62H88N6O18/c69-56(18-19-61(74)68-50-53-12-7-6-10-51(53)16-17-52-11-8-9-15-55(52)68)63-24-31-77-37-43-83-46-40-80-34-28-66(29-35-81-41-47-84-45-39-79-33-26-65-62(75)86-54-13-4-2-1-3-5-14-54)58(71)23-30-76-36-42-82-48-49-85-44-38-78-32-25-64-57(70)22-27-67-59(72)20-21-60(67)73/h1-2,6-12,15,20-21,54H,3-5,13-14,18-19,22-50H2,(H,63,69)(H,64,70)(H,65,75)/t54-/m0/s1. The van der Waals surface area contributed by atoms with Crippen LogP contribution in [0.15, 0.2) is 72.8 Å². The minimum atomic E-state index is -0.425. The summed E-state index contributed by atoms with van der Waals surface area (Å²) in [6.07, 6.45) is 11.1. The minimum Gasteiger partial charge on any atom is -0.446 e. The van der Waals surface area contributed by atoms with Crippen LogP contribution >= 0.6 is 0 Å². The van der Waals surface area contributed by atoms with Crippen LogP contribution in [0.5, 0.6) is 0 Å². The van der Waals surface area contributed by atoms with Crippen molar-refractivity contribution >= 4 is 47.2 Å². The number of benzene rings is 2. The van der Waals surface area contributed by atoms with E-state index in [0.717, 1.165) is 59.4 Å². The molecule has 2 aliphatic heterocycles. The van der Waals surface area contributed by atoms with Crippen molar-refractivity contribution in [2.75, 3.05) is 176 Å². The summed E-state index contributed by atoms with van der Waals surface area (Å²) in [7, 11) is 0. The zero-order valence-corrected chi connectivity index (χ0v) is 49.7. The summed E-state index contributed by atoms with van der Waals surface area (Å²) in [5.74, 6) is 4.75. The van der Waals surface area contributed by atoms with E-state index in [4.69, 9.17) is 52.1 Å². The van der Waals surface area contributed by atoms with Gasteiger partial charge in [0.05, 0.1) is 151 Å². The smallest absolute Gasteiger partial charge is 0.407 e. The number of alkyl carbamates (subject to hydrolysis) is 1. The Morgan fingerprint density at radius 2 is 0.977 bits per heavy atom. The number of nitrogens with one attached hydrogen (secondary N) is 3. The third-order valence-electron chi connectivity index (χ3n) is 13.3. The van der Waals surface area contributed by atoms with E-state index < -0.39 is 17.9 Å². The van der Waals surface area contributed by atoms with Crippen molar-refractivity contribution < 1.29 is 85.7 Å². The van der Waals surface area contributed by atoms with Crippen molar-refractivity contribution in [3.8, 4) is 11.8 Å². The molecule has 3 aliphatic rings. The average molecular weight is 1210 g/mol. The van der Waals surface area contributed by atoms with Crippen LogP contribution in [-0.2, 0) is 87.4 Å². The second kappa shape index (κ2) is 44.8. The molecule has 2 aromatic carbocycles. The number of hydrogen-bond donors (Lipinski definition) is 3. The highest BCUT2D eigenvalue weighted by molar-refractivity contribution is 6.13. The van der Waals surface area contributed by atoms with Gasteiger partial charge in [-0.25, -0.2) is 4.79 Å². The summed E-state index contributed by atoms with van der Waals surface area (Å²) in [5, 5.41) is 8.23. The Balaban J connectivity index is 0.860. The first-order valence-corrected chi connectivity index (χ1v) is 29.9. The molecule has 0 unspecified atom stereocenters. The van der Waals surface area contributed by atoms with Crippen LogP contribution in [0.3, 0.4) is 0 Å². The molecular weight excluding hydrogens is 1120 g/mol. The topological polar surface area (TPSA) is 267 Å². The molecule has 1 atom stereocenters. The molecule has 5 rings (SSSR count). The lowest BCUT2D eigenvalue weighted by Gasteiger charge is -2.26. The second-order valence-electron chi connectivity index (χ2n) is 19.7. The third kappa shape index (κ3) is 30.6. The fourth-order valence-corrected chi connectivity index (χ4v) is 8.67. The van der Waals surface area contributed by atoms with Gasteiger partial charge < -0.3 is 77.9 Å². The number of fused-ring (bicyclic) bond motifs is 2. The van der Waals surface area contributed by atoms with Crippen molar-refractivity contribution in [2.24, 2.45) is 0 Å². The van der Waals surface area contributed by atoms with Gasteiger partial charge in [-0.1, -0.05) is 54.3 Å². The summed E-state index contributed by atoms with van der Waals surface area (Å²) >= 11 is 0. The highest BCUT2D eigenvalue weighted by Gasteiger charge is 2.24. The molecule has 2 heterocycles. The van der Waals surface area contributed by atoms with E-state index in [0.29, 0.717) is 125 Å². The van der Waals surface area contributed by atoms with E-state index in [9.17, 15) is 33.6 Å². The molecule has 0 spiro atoms. The van der Waals surface area contributed by atoms with Crippen molar-refractivity contribution in [2.45, 2.75) is 70.4 Å². The Morgan fingerprint density at radius 1 is 0.500 bits per heavy atom. The van der Waals surface area contributed by atoms with Gasteiger partial charge >= 0.3 is 6.09 Å². The summed E-state index contributed by atoms with van der Waals surface area (Å²) in [6, 6.07) is 15.3. The van der Waals surface area contributed by atoms with Crippen molar-refractivity contribution in [1.29, 1.82) is 0 Å². The number of carbonyl (C=O) groups is 7. The SMILES string of the molecule is O=C(CCC(=O)N1Cc2ccccc2C#Cc2ccccc21)NCCOCCOCCOCCN(CCOCCOCCOCCNC(=O)O[C@H]1CCC=CCCC1)C(=O)CCOCCOCCOCCOCCNC(=O)CCN1C(=O)C=CC1=O. The zero-order chi connectivity index (χ0) is 60.9.